The van der Waals surface area contributed by atoms with Gasteiger partial charge in [0, 0.05) is 6.54 Å². The van der Waals surface area contributed by atoms with Gasteiger partial charge in [-0.25, -0.2) is 9.50 Å². The minimum atomic E-state index is -0.559. The summed E-state index contributed by atoms with van der Waals surface area (Å²) in [6.45, 7) is 3.57. The van der Waals surface area contributed by atoms with Gasteiger partial charge < -0.3 is 15.4 Å². The Morgan fingerprint density at radius 2 is 2.50 bits per heavy atom. The van der Waals surface area contributed by atoms with Crippen LogP contribution in [0.15, 0.2) is 6.20 Å². The van der Waals surface area contributed by atoms with Crippen LogP contribution in [0.25, 0.3) is 4.96 Å². The lowest BCUT2D eigenvalue weighted by molar-refractivity contribution is -0.130. The van der Waals surface area contributed by atoms with Crippen molar-refractivity contribution in [2.24, 2.45) is 5.73 Å². The smallest absolute Gasteiger partial charge is 0.248 e. The first-order valence-corrected chi connectivity index (χ1v) is 6.44. The maximum atomic E-state index is 11.1. The number of nitrogens with zero attached hydrogens (tertiary/aromatic N) is 4. The number of hydrogen-bond donors (Lipinski definition) is 1. The van der Waals surface area contributed by atoms with E-state index in [4.69, 9.17) is 10.5 Å². The predicted molar refractivity (Wildman–Crippen MR) is 66.7 cm³/mol. The number of morpholine rings is 1. The summed E-state index contributed by atoms with van der Waals surface area (Å²) in [7, 11) is 0. The molecule has 0 saturated carbocycles. The van der Waals surface area contributed by atoms with E-state index in [9.17, 15) is 4.79 Å². The van der Waals surface area contributed by atoms with Crippen LogP contribution in [0.3, 0.4) is 0 Å². The Morgan fingerprint density at radius 1 is 1.67 bits per heavy atom. The van der Waals surface area contributed by atoms with Crippen molar-refractivity contribution in [3.05, 3.63) is 11.9 Å². The fourth-order valence-corrected chi connectivity index (χ4v) is 2.89. The fourth-order valence-electron chi connectivity index (χ4n) is 1.92. The number of carbonyl (C=O) groups is 1. The number of amides is 1. The second-order valence-corrected chi connectivity index (χ2v) is 5.14. The molecule has 1 unspecified atom stereocenters. The number of rotatable bonds is 2. The maximum absolute atomic E-state index is 11.1. The molecule has 0 spiro atoms. The van der Waals surface area contributed by atoms with E-state index in [2.05, 4.69) is 10.1 Å². The zero-order chi connectivity index (χ0) is 12.7. The summed E-state index contributed by atoms with van der Waals surface area (Å²) in [6, 6.07) is 0. The van der Waals surface area contributed by atoms with Gasteiger partial charge in [-0.15, -0.1) is 5.10 Å². The van der Waals surface area contributed by atoms with Gasteiger partial charge in [-0.2, -0.15) is 0 Å². The lowest BCUT2D eigenvalue weighted by Crippen LogP contribution is -2.48. The van der Waals surface area contributed by atoms with E-state index in [1.165, 1.54) is 11.3 Å². The Labute approximate surface area is 107 Å². The molecule has 0 aromatic carbocycles. The van der Waals surface area contributed by atoms with Crippen molar-refractivity contribution in [1.29, 1.82) is 0 Å². The van der Waals surface area contributed by atoms with Crippen molar-refractivity contribution >= 4 is 27.3 Å². The Bertz CT molecular complexity index is 561. The largest absolute Gasteiger partial charge is 0.367 e. The zero-order valence-corrected chi connectivity index (χ0v) is 10.7. The molecule has 0 radical (unpaired) electrons. The number of anilines is 1. The molecular formula is C10H13N5O2S. The standard InChI is InChI=1S/C10H13N5O2S/c1-6-4-15-9(12-6)18-10(13-15)14-2-3-17-7(5-14)8(11)16/h4,7H,2-3,5H2,1H3,(H2,11,16). The van der Waals surface area contributed by atoms with Gasteiger partial charge >= 0.3 is 0 Å². The number of fused-ring (bicyclic) bond motifs is 1. The van der Waals surface area contributed by atoms with Crippen molar-refractivity contribution in [3.8, 4) is 0 Å². The molecule has 3 heterocycles. The normalized spacial score (nSPS) is 20.5. The van der Waals surface area contributed by atoms with E-state index < -0.39 is 12.0 Å². The van der Waals surface area contributed by atoms with Crippen molar-refractivity contribution in [2.75, 3.05) is 24.6 Å². The quantitative estimate of drug-likeness (QED) is 0.813. The Kier molecular flexibility index (Phi) is 2.67. The summed E-state index contributed by atoms with van der Waals surface area (Å²) >= 11 is 1.50. The molecule has 1 aliphatic heterocycles. The van der Waals surface area contributed by atoms with Crippen LogP contribution in [-0.4, -0.2) is 46.3 Å². The number of carbonyl (C=O) groups excluding carboxylic acids is 1. The van der Waals surface area contributed by atoms with Crippen LogP contribution in [0, 0.1) is 6.92 Å². The van der Waals surface area contributed by atoms with E-state index in [1.807, 2.05) is 18.0 Å². The molecule has 1 amide bonds. The van der Waals surface area contributed by atoms with Gasteiger partial charge in [0.1, 0.15) is 0 Å². The maximum Gasteiger partial charge on any atom is 0.248 e. The van der Waals surface area contributed by atoms with E-state index in [-0.39, 0.29) is 0 Å². The van der Waals surface area contributed by atoms with Crippen LogP contribution >= 0.6 is 11.3 Å². The number of nitrogens with two attached hydrogens (primary N) is 1. The van der Waals surface area contributed by atoms with Gasteiger partial charge in [0.05, 0.1) is 25.0 Å². The first kappa shape index (κ1) is 11.4. The topological polar surface area (TPSA) is 85.8 Å². The Hall–Kier alpha value is -1.67. The molecule has 2 aromatic rings. The third-order valence-electron chi connectivity index (χ3n) is 2.81. The Morgan fingerprint density at radius 3 is 3.22 bits per heavy atom. The lowest BCUT2D eigenvalue weighted by Gasteiger charge is -2.30. The first-order chi connectivity index (χ1) is 8.63. The molecule has 1 fully saturated rings. The molecule has 18 heavy (non-hydrogen) atoms. The predicted octanol–water partition coefficient (Wildman–Crippen LogP) is -0.210. The summed E-state index contributed by atoms with van der Waals surface area (Å²) in [6.07, 6.45) is 1.32. The SMILES string of the molecule is Cc1cn2nc(N3CCOC(C(N)=O)C3)sc2n1. The van der Waals surface area contributed by atoms with Crippen molar-refractivity contribution in [3.63, 3.8) is 0 Å². The molecular weight excluding hydrogens is 254 g/mol. The second kappa shape index (κ2) is 4.21. The summed E-state index contributed by atoms with van der Waals surface area (Å²) in [5, 5.41) is 5.28. The molecule has 2 aromatic heterocycles. The zero-order valence-electron chi connectivity index (χ0n) is 9.87. The molecule has 1 saturated heterocycles. The summed E-state index contributed by atoms with van der Waals surface area (Å²) in [4.78, 5) is 18.3. The number of aromatic nitrogens is 3. The number of ether oxygens (including phenoxy) is 1. The van der Waals surface area contributed by atoms with Crippen LogP contribution in [0.1, 0.15) is 5.69 Å². The van der Waals surface area contributed by atoms with Crippen molar-refractivity contribution in [1.82, 2.24) is 14.6 Å². The van der Waals surface area contributed by atoms with Gasteiger partial charge in [-0.3, -0.25) is 4.79 Å². The fraction of sp³-hybridized carbons (Fsp3) is 0.500. The number of aryl methyl sites for hydroxylation is 1. The van der Waals surface area contributed by atoms with Gasteiger partial charge in [0.15, 0.2) is 6.10 Å². The molecule has 8 heteroatoms. The number of primary amides is 1. The molecule has 0 bridgehead atoms. The summed E-state index contributed by atoms with van der Waals surface area (Å²) < 4.78 is 7.06. The molecule has 0 aliphatic carbocycles. The number of imidazole rings is 1. The van der Waals surface area contributed by atoms with Crippen LogP contribution in [-0.2, 0) is 9.53 Å². The molecule has 1 aliphatic rings. The average Bonchev–Trinajstić information content (AvgIpc) is 2.86. The molecule has 1 atom stereocenters. The van der Waals surface area contributed by atoms with Gasteiger partial charge in [-0.1, -0.05) is 11.3 Å². The monoisotopic (exact) mass is 267 g/mol. The molecule has 3 rings (SSSR count). The van der Waals surface area contributed by atoms with E-state index in [0.29, 0.717) is 19.7 Å². The van der Waals surface area contributed by atoms with Gasteiger partial charge in [-0.05, 0) is 6.92 Å². The van der Waals surface area contributed by atoms with Crippen LogP contribution < -0.4 is 10.6 Å². The highest BCUT2D eigenvalue weighted by atomic mass is 32.1. The van der Waals surface area contributed by atoms with E-state index >= 15 is 0 Å². The van der Waals surface area contributed by atoms with Crippen molar-refractivity contribution in [2.45, 2.75) is 13.0 Å². The summed E-state index contributed by atoms with van der Waals surface area (Å²) in [5.74, 6) is -0.433. The third-order valence-corrected chi connectivity index (χ3v) is 3.79. The molecule has 2 N–H and O–H groups in total. The van der Waals surface area contributed by atoms with Gasteiger partial charge in [0.2, 0.25) is 16.0 Å². The van der Waals surface area contributed by atoms with Crippen LogP contribution in [0.2, 0.25) is 0 Å². The highest BCUT2D eigenvalue weighted by molar-refractivity contribution is 7.20. The van der Waals surface area contributed by atoms with Crippen LogP contribution in [0.5, 0.6) is 0 Å². The van der Waals surface area contributed by atoms with Crippen LogP contribution in [0.4, 0.5) is 5.13 Å². The third kappa shape index (κ3) is 1.93. The number of hydrogen-bond acceptors (Lipinski definition) is 6. The summed E-state index contributed by atoms with van der Waals surface area (Å²) in [5.41, 5.74) is 6.20. The highest BCUT2D eigenvalue weighted by Crippen LogP contribution is 2.24. The average molecular weight is 267 g/mol. The van der Waals surface area contributed by atoms with Gasteiger partial charge in [0.25, 0.3) is 0 Å². The Balaban J connectivity index is 1.84. The second-order valence-electron chi connectivity index (χ2n) is 4.20. The highest BCUT2D eigenvalue weighted by Gasteiger charge is 2.26. The first-order valence-electron chi connectivity index (χ1n) is 5.62. The minimum absolute atomic E-state index is 0.433. The minimum Gasteiger partial charge on any atom is -0.367 e. The van der Waals surface area contributed by atoms with Crippen molar-refractivity contribution < 1.29 is 9.53 Å². The molecule has 96 valence electrons. The molecule has 7 nitrogen and oxygen atoms in total. The van der Waals surface area contributed by atoms with E-state index in [0.717, 1.165) is 15.8 Å². The lowest BCUT2D eigenvalue weighted by atomic mass is 10.3. The van der Waals surface area contributed by atoms with E-state index in [1.54, 1.807) is 4.52 Å².